The number of aromatic nitrogens is 2. The molecule has 1 aromatic heterocycles. The van der Waals surface area contributed by atoms with Crippen LogP contribution in [-0.2, 0) is 6.54 Å². The van der Waals surface area contributed by atoms with Crippen molar-refractivity contribution in [2.24, 2.45) is 0 Å². The molecule has 1 aliphatic rings. The molecule has 3 aromatic rings. The fourth-order valence-electron chi connectivity index (χ4n) is 2.86. The zero-order valence-corrected chi connectivity index (χ0v) is 10.5. The summed E-state index contributed by atoms with van der Waals surface area (Å²) in [6.07, 6.45) is 2.04. The molecule has 0 fully saturated rings. The Balaban J connectivity index is 2.19. The molecule has 0 aliphatic carbocycles. The van der Waals surface area contributed by atoms with Crippen molar-refractivity contribution < 1.29 is 4.68 Å². The van der Waals surface area contributed by atoms with Gasteiger partial charge < -0.3 is 0 Å². The highest BCUT2D eigenvalue weighted by atomic mass is 15.4. The summed E-state index contributed by atoms with van der Waals surface area (Å²) in [5.41, 5.74) is 4.01. The minimum Gasteiger partial charge on any atom is -0.250 e. The smallest absolute Gasteiger partial charge is 0.224 e. The van der Waals surface area contributed by atoms with Gasteiger partial charge in [-0.1, -0.05) is 30.3 Å². The van der Waals surface area contributed by atoms with Crippen molar-refractivity contribution in [3.63, 3.8) is 0 Å². The van der Waals surface area contributed by atoms with Crippen LogP contribution in [0.4, 0.5) is 11.4 Å². The van der Waals surface area contributed by atoms with Crippen molar-refractivity contribution in [2.75, 3.05) is 0 Å². The van der Waals surface area contributed by atoms with Gasteiger partial charge in [0, 0.05) is 5.56 Å². The lowest BCUT2D eigenvalue weighted by Gasteiger charge is -2.00. The van der Waals surface area contributed by atoms with Gasteiger partial charge in [-0.2, -0.15) is 0 Å². The Kier molecular flexibility index (Phi) is 1.99. The Morgan fingerprint density at radius 3 is 2.70 bits per heavy atom. The van der Waals surface area contributed by atoms with E-state index in [-0.39, 0.29) is 0 Å². The van der Waals surface area contributed by atoms with E-state index in [0.29, 0.717) is 11.4 Å². The summed E-state index contributed by atoms with van der Waals surface area (Å²) in [4.78, 5) is 7.06. The van der Waals surface area contributed by atoms with Crippen LogP contribution in [0, 0.1) is 13.1 Å². The first kappa shape index (κ1) is 10.8. The van der Waals surface area contributed by atoms with Gasteiger partial charge >= 0.3 is 0 Å². The second-order valence-electron chi connectivity index (χ2n) is 4.76. The number of rotatable bonds is 0. The van der Waals surface area contributed by atoms with Gasteiger partial charge in [0.1, 0.15) is 11.2 Å². The second kappa shape index (κ2) is 3.69. The summed E-state index contributed by atoms with van der Waals surface area (Å²) in [7, 11) is 0. The Morgan fingerprint density at radius 1 is 1.05 bits per heavy atom. The maximum atomic E-state index is 7.41. The van der Waals surface area contributed by atoms with E-state index >= 15 is 0 Å². The summed E-state index contributed by atoms with van der Waals surface area (Å²) in [5.74, 6) is 0. The molecule has 0 atom stereocenters. The number of hydrogen-bond donors (Lipinski definition) is 0. The van der Waals surface area contributed by atoms with Crippen molar-refractivity contribution in [1.82, 2.24) is 4.68 Å². The Hall–Kier alpha value is -3.11. The molecule has 0 unspecified atom stereocenters. The Morgan fingerprint density at radius 2 is 1.90 bits per heavy atom. The molecule has 92 valence electrons. The zero-order chi connectivity index (χ0) is 13.7. The lowest BCUT2D eigenvalue weighted by atomic mass is 10.1. The quantitative estimate of drug-likeness (QED) is 0.339. The van der Waals surface area contributed by atoms with Crippen LogP contribution in [0.2, 0.25) is 0 Å². The monoisotopic (exact) mass is 257 g/mol. The van der Waals surface area contributed by atoms with Crippen molar-refractivity contribution >= 4 is 22.3 Å². The first-order chi connectivity index (χ1) is 9.83. The molecule has 4 nitrogen and oxygen atoms in total. The standard InChI is InChI=1S/C16H9N4/c1-17-13-8-7-12-10-19-9-11-5-3-4-6-14(11)20(19)16(12)15(13)18-2/h3-8,10H,9H2/q+1. The molecular formula is C16H9N4+. The lowest BCUT2D eigenvalue weighted by Crippen LogP contribution is -2.36. The molecule has 0 spiro atoms. The van der Waals surface area contributed by atoms with Crippen molar-refractivity contribution in [3.05, 3.63) is 71.0 Å². The van der Waals surface area contributed by atoms with E-state index in [4.69, 9.17) is 13.1 Å². The largest absolute Gasteiger partial charge is 0.250 e. The third-order valence-electron chi connectivity index (χ3n) is 3.70. The first-order valence-electron chi connectivity index (χ1n) is 6.25. The number of para-hydroxylation sites is 1. The van der Waals surface area contributed by atoms with E-state index in [9.17, 15) is 0 Å². The molecule has 0 N–H and O–H groups in total. The third-order valence-corrected chi connectivity index (χ3v) is 3.70. The maximum Gasteiger partial charge on any atom is 0.224 e. The maximum absolute atomic E-state index is 7.41. The van der Waals surface area contributed by atoms with Crippen LogP contribution in [0.5, 0.6) is 0 Å². The fraction of sp³-hybridized carbons (Fsp3) is 0.0625. The van der Waals surface area contributed by atoms with Gasteiger partial charge in [0.2, 0.25) is 11.9 Å². The minimum absolute atomic E-state index is 0.415. The van der Waals surface area contributed by atoms with E-state index in [1.807, 2.05) is 29.1 Å². The summed E-state index contributed by atoms with van der Waals surface area (Å²) in [6.45, 7) is 15.4. The highest BCUT2D eigenvalue weighted by molar-refractivity contribution is 5.98. The van der Waals surface area contributed by atoms with E-state index in [1.54, 1.807) is 6.07 Å². The molecule has 20 heavy (non-hydrogen) atoms. The SMILES string of the molecule is [C-]#[N+]c1ccc2c[n+]3n(c2c1[N+]#[C-])-c1ccccc1C3. The second-order valence-corrected chi connectivity index (χ2v) is 4.76. The average molecular weight is 257 g/mol. The lowest BCUT2D eigenvalue weighted by molar-refractivity contribution is -0.749. The molecule has 2 aromatic carbocycles. The molecular weight excluding hydrogens is 248 g/mol. The summed E-state index contributed by atoms with van der Waals surface area (Å²) in [5, 5.41) is 0.998. The predicted molar refractivity (Wildman–Crippen MR) is 75.1 cm³/mol. The Bertz CT molecular complexity index is 951. The molecule has 0 radical (unpaired) electrons. The third kappa shape index (κ3) is 1.20. The van der Waals surface area contributed by atoms with Crippen LogP contribution in [0.25, 0.3) is 26.3 Å². The highest BCUT2D eigenvalue weighted by Crippen LogP contribution is 2.38. The average Bonchev–Trinajstić information content (AvgIpc) is 3.01. The molecule has 4 heteroatoms. The normalized spacial score (nSPS) is 11.7. The fourth-order valence-corrected chi connectivity index (χ4v) is 2.86. The van der Waals surface area contributed by atoms with Gasteiger partial charge in [-0.05, 0) is 6.07 Å². The minimum atomic E-state index is 0.415. The van der Waals surface area contributed by atoms with Gasteiger partial charge in [0.05, 0.1) is 18.5 Å². The molecule has 1 aliphatic heterocycles. The predicted octanol–water partition coefficient (Wildman–Crippen LogP) is 3.38. The van der Waals surface area contributed by atoms with Gasteiger partial charge in [0.25, 0.3) is 0 Å². The highest BCUT2D eigenvalue weighted by Gasteiger charge is 2.29. The first-order valence-corrected chi connectivity index (χ1v) is 6.25. The number of benzene rings is 2. The van der Waals surface area contributed by atoms with Gasteiger partial charge in [-0.25, -0.2) is 4.85 Å². The molecule has 0 bridgehead atoms. The van der Waals surface area contributed by atoms with Crippen molar-refractivity contribution in [2.45, 2.75) is 6.54 Å². The van der Waals surface area contributed by atoms with E-state index in [2.05, 4.69) is 26.5 Å². The molecule has 0 saturated heterocycles. The van der Waals surface area contributed by atoms with Crippen LogP contribution >= 0.6 is 0 Å². The topological polar surface area (TPSA) is 17.5 Å². The molecule has 0 saturated carbocycles. The molecule has 2 heterocycles. The van der Waals surface area contributed by atoms with Crippen LogP contribution in [-0.4, -0.2) is 4.68 Å². The molecule has 4 rings (SSSR count). The number of hydrogen-bond acceptors (Lipinski definition) is 0. The van der Waals surface area contributed by atoms with Crippen LogP contribution in [0.3, 0.4) is 0 Å². The summed E-state index contributed by atoms with van der Waals surface area (Å²) in [6, 6.07) is 11.8. The van der Waals surface area contributed by atoms with Gasteiger partial charge in [0.15, 0.2) is 12.2 Å². The van der Waals surface area contributed by atoms with Gasteiger partial charge in [-0.15, -0.1) is 9.36 Å². The van der Waals surface area contributed by atoms with Crippen molar-refractivity contribution in [3.8, 4) is 5.69 Å². The van der Waals surface area contributed by atoms with Gasteiger partial charge in [-0.3, -0.25) is 4.85 Å². The Labute approximate surface area is 115 Å². The van der Waals surface area contributed by atoms with Crippen LogP contribution in [0.1, 0.15) is 5.56 Å². The summed E-state index contributed by atoms with van der Waals surface area (Å²) >= 11 is 0. The summed E-state index contributed by atoms with van der Waals surface area (Å²) < 4.78 is 4.14. The number of fused-ring (bicyclic) bond motifs is 5. The van der Waals surface area contributed by atoms with E-state index in [1.165, 1.54) is 5.56 Å². The zero-order valence-electron chi connectivity index (χ0n) is 10.5. The van der Waals surface area contributed by atoms with E-state index in [0.717, 1.165) is 23.1 Å². The van der Waals surface area contributed by atoms with Crippen molar-refractivity contribution in [1.29, 1.82) is 0 Å². The van der Waals surface area contributed by atoms with Crippen LogP contribution < -0.4 is 4.68 Å². The van der Waals surface area contributed by atoms with E-state index < -0.39 is 0 Å². The van der Waals surface area contributed by atoms with Crippen LogP contribution in [0.15, 0.2) is 42.6 Å². The number of nitrogens with zero attached hydrogens (tertiary/aromatic N) is 4. The molecule has 0 amide bonds.